The molecule has 1 fully saturated rings. The lowest BCUT2D eigenvalue weighted by atomic mass is 9.80. The summed E-state index contributed by atoms with van der Waals surface area (Å²) in [5, 5.41) is 12.1. The van der Waals surface area contributed by atoms with Crippen LogP contribution in [0.5, 0.6) is 0 Å². The van der Waals surface area contributed by atoms with Crippen LogP contribution in [0.2, 0.25) is 0 Å². The van der Waals surface area contributed by atoms with Crippen LogP contribution >= 0.6 is 15.9 Å². The number of carboxylic acid groups (broad SMARTS) is 1. The van der Waals surface area contributed by atoms with Gasteiger partial charge in [0, 0.05) is 16.2 Å². The molecule has 2 N–H and O–H groups in total. The number of carboxylic acids is 1. The fourth-order valence-corrected chi connectivity index (χ4v) is 2.15. The molecule has 1 aliphatic carbocycles. The molecule has 0 aliphatic heterocycles. The van der Waals surface area contributed by atoms with E-state index in [2.05, 4.69) is 27.3 Å². The Bertz CT molecular complexity index is 413. The lowest BCUT2D eigenvalue weighted by Crippen LogP contribution is -2.39. The summed E-state index contributed by atoms with van der Waals surface area (Å²) in [6, 6.07) is 6.38. The van der Waals surface area contributed by atoms with E-state index in [4.69, 9.17) is 5.11 Å². The minimum Gasteiger partial charge on any atom is -0.481 e. The predicted octanol–water partition coefficient (Wildman–Crippen LogP) is 3.03. The zero-order valence-electron chi connectivity index (χ0n) is 9.03. The van der Waals surface area contributed by atoms with Crippen LogP contribution in [0.15, 0.2) is 22.7 Å². The molecule has 0 spiro atoms. The van der Waals surface area contributed by atoms with Gasteiger partial charge in [-0.1, -0.05) is 15.9 Å². The van der Waals surface area contributed by atoms with Crippen molar-refractivity contribution in [2.75, 3.05) is 5.32 Å². The summed E-state index contributed by atoms with van der Waals surface area (Å²) in [5.74, 6) is -0.834. The topological polar surface area (TPSA) is 49.3 Å². The van der Waals surface area contributed by atoms with Gasteiger partial charge in [0.25, 0.3) is 0 Å². The van der Waals surface area contributed by atoms with Crippen molar-refractivity contribution in [3.8, 4) is 0 Å². The Labute approximate surface area is 103 Å². The van der Waals surface area contributed by atoms with E-state index in [9.17, 15) is 4.79 Å². The van der Waals surface area contributed by atoms with Crippen molar-refractivity contribution in [1.82, 2.24) is 0 Å². The van der Waals surface area contributed by atoms with E-state index in [1.54, 1.807) is 0 Å². The SMILES string of the molecule is Cc1cc(NC2CC(C(=O)O)C2)ccc1Br. The Hall–Kier alpha value is -1.03. The Morgan fingerprint density at radius 1 is 1.50 bits per heavy atom. The Morgan fingerprint density at radius 3 is 2.75 bits per heavy atom. The number of carbonyl (C=O) groups is 1. The quantitative estimate of drug-likeness (QED) is 0.897. The van der Waals surface area contributed by atoms with Crippen LogP contribution < -0.4 is 5.32 Å². The molecular weight excluding hydrogens is 270 g/mol. The van der Waals surface area contributed by atoms with Crippen molar-refractivity contribution >= 4 is 27.6 Å². The largest absolute Gasteiger partial charge is 0.481 e. The number of benzene rings is 1. The van der Waals surface area contributed by atoms with Gasteiger partial charge in [-0.25, -0.2) is 0 Å². The first-order chi connectivity index (χ1) is 7.56. The number of rotatable bonds is 3. The highest BCUT2D eigenvalue weighted by atomic mass is 79.9. The number of hydrogen-bond donors (Lipinski definition) is 2. The molecule has 4 heteroatoms. The Balaban J connectivity index is 1.91. The second kappa shape index (κ2) is 4.45. The van der Waals surface area contributed by atoms with Gasteiger partial charge in [-0.2, -0.15) is 0 Å². The van der Waals surface area contributed by atoms with Crippen molar-refractivity contribution < 1.29 is 9.90 Å². The molecule has 0 radical (unpaired) electrons. The van der Waals surface area contributed by atoms with E-state index < -0.39 is 5.97 Å². The van der Waals surface area contributed by atoms with Crippen molar-refractivity contribution in [3.63, 3.8) is 0 Å². The standard InChI is InChI=1S/C12H14BrNO2/c1-7-4-9(2-3-11(7)13)14-10-5-8(6-10)12(15)16/h2-4,8,10,14H,5-6H2,1H3,(H,15,16). The molecule has 86 valence electrons. The van der Waals surface area contributed by atoms with Gasteiger partial charge in [0.2, 0.25) is 0 Å². The summed E-state index contributed by atoms with van der Waals surface area (Å²) in [7, 11) is 0. The van der Waals surface area contributed by atoms with Gasteiger partial charge < -0.3 is 10.4 Å². The number of halogens is 1. The molecule has 1 aromatic rings. The number of aryl methyl sites for hydroxylation is 1. The predicted molar refractivity (Wildman–Crippen MR) is 66.6 cm³/mol. The van der Waals surface area contributed by atoms with Crippen molar-refractivity contribution in [2.45, 2.75) is 25.8 Å². The number of aliphatic carboxylic acids is 1. The highest BCUT2D eigenvalue weighted by Crippen LogP contribution is 2.31. The van der Waals surface area contributed by atoms with E-state index >= 15 is 0 Å². The lowest BCUT2D eigenvalue weighted by molar-refractivity contribution is -0.144. The van der Waals surface area contributed by atoms with Gasteiger partial charge in [0.15, 0.2) is 0 Å². The second-order valence-corrected chi connectivity index (χ2v) is 5.17. The van der Waals surface area contributed by atoms with Crippen LogP contribution in [-0.4, -0.2) is 17.1 Å². The van der Waals surface area contributed by atoms with Gasteiger partial charge in [0.1, 0.15) is 0 Å². The summed E-state index contributed by atoms with van der Waals surface area (Å²) in [6.07, 6.45) is 1.45. The first-order valence-corrected chi connectivity index (χ1v) is 6.11. The summed E-state index contributed by atoms with van der Waals surface area (Å²) in [4.78, 5) is 10.6. The van der Waals surface area contributed by atoms with Crippen molar-refractivity contribution in [2.24, 2.45) is 5.92 Å². The van der Waals surface area contributed by atoms with Crippen LogP contribution in [0.4, 0.5) is 5.69 Å². The zero-order chi connectivity index (χ0) is 11.7. The maximum atomic E-state index is 10.6. The molecule has 1 aromatic carbocycles. The first-order valence-electron chi connectivity index (χ1n) is 5.32. The molecule has 0 bridgehead atoms. The summed E-state index contributed by atoms with van der Waals surface area (Å²) < 4.78 is 1.09. The molecule has 1 aliphatic rings. The van der Waals surface area contributed by atoms with E-state index in [0.717, 1.165) is 23.0 Å². The number of anilines is 1. The van der Waals surface area contributed by atoms with Gasteiger partial charge in [0.05, 0.1) is 5.92 Å². The summed E-state index contributed by atoms with van der Waals surface area (Å²) in [5.41, 5.74) is 2.24. The average Bonchev–Trinajstić information content (AvgIpc) is 2.15. The fourth-order valence-electron chi connectivity index (χ4n) is 1.91. The third-order valence-corrected chi connectivity index (χ3v) is 3.91. The third-order valence-electron chi connectivity index (χ3n) is 3.02. The molecule has 0 atom stereocenters. The third kappa shape index (κ3) is 2.38. The molecule has 0 aromatic heterocycles. The summed E-state index contributed by atoms with van der Waals surface area (Å²) in [6.45, 7) is 2.04. The van der Waals surface area contributed by atoms with E-state index in [0.29, 0.717) is 6.04 Å². The van der Waals surface area contributed by atoms with Crippen LogP contribution in [0.3, 0.4) is 0 Å². The van der Waals surface area contributed by atoms with Gasteiger partial charge in [-0.3, -0.25) is 4.79 Å². The minimum atomic E-state index is -0.676. The summed E-state index contributed by atoms with van der Waals surface area (Å²) >= 11 is 3.45. The molecule has 3 nitrogen and oxygen atoms in total. The van der Waals surface area contributed by atoms with E-state index in [1.165, 1.54) is 5.56 Å². The normalized spacial score (nSPS) is 23.6. The molecule has 2 rings (SSSR count). The fraction of sp³-hybridized carbons (Fsp3) is 0.417. The van der Waals surface area contributed by atoms with Gasteiger partial charge >= 0.3 is 5.97 Å². The van der Waals surface area contributed by atoms with Crippen LogP contribution in [0.1, 0.15) is 18.4 Å². The maximum Gasteiger partial charge on any atom is 0.306 e. The van der Waals surface area contributed by atoms with E-state index in [-0.39, 0.29) is 5.92 Å². The van der Waals surface area contributed by atoms with Crippen LogP contribution in [0, 0.1) is 12.8 Å². The van der Waals surface area contributed by atoms with Crippen LogP contribution in [-0.2, 0) is 4.79 Å². The average molecular weight is 284 g/mol. The lowest BCUT2D eigenvalue weighted by Gasteiger charge is -2.33. The Kier molecular flexibility index (Phi) is 3.19. The monoisotopic (exact) mass is 283 g/mol. The van der Waals surface area contributed by atoms with Crippen molar-refractivity contribution in [3.05, 3.63) is 28.2 Å². The minimum absolute atomic E-state index is 0.158. The molecule has 0 unspecified atom stereocenters. The maximum absolute atomic E-state index is 10.6. The number of hydrogen-bond acceptors (Lipinski definition) is 2. The molecular formula is C12H14BrNO2. The highest BCUT2D eigenvalue weighted by Gasteiger charge is 2.34. The van der Waals surface area contributed by atoms with Gasteiger partial charge in [-0.05, 0) is 43.5 Å². The molecule has 0 amide bonds. The molecule has 0 heterocycles. The van der Waals surface area contributed by atoms with Gasteiger partial charge in [-0.15, -0.1) is 0 Å². The molecule has 16 heavy (non-hydrogen) atoms. The highest BCUT2D eigenvalue weighted by molar-refractivity contribution is 9.10. The van der Waals surface area contributed by atoms with Crippen LogP contribution in [0.25, 0.3) is 0 Å². The van der Waals surface area contributed by atoms with E-state index in [1.807, 2.05) is 19.1 Å². The second-order valence-electron chi connectivity index (χ2n) is 4.31. The molecule has 0 saturated heterocycles. The zero-order valence-corrected chi connectivity index (χ0v) is 10.6. The van der Waals surface area contributed by atoms with Crippen molar-refractivity contribution in [1.29, 1.82) is 0 Å². The Morgan fingerprint density at radius 2 is 2.19 bits per heavy atom. The smallest absolute Gasteiger partial charge is 0.306 e. The number of nitrogens with one attached hydrogen (secondary N) is 1. The first kappa shape index (κ1) is 11.5. The molecule has 1 saturated carbocycles.